The highest BCUT2D eigenvalue weighted by molar-refractivity contribution is 7.92. The summed E-state index contributed by atoms with van der Waals surface area (Å²) in [5, 5.41) is 21.5. The normalized spacial score (nSPS) is 13.2. The highest BCUT2D eigenvalue weighted by Gasteiger charge is 2.34. The average molecular weight is 731 g/mol. The third-order valence-electron chi connectivity index (χ3n) is 7.99. The van der Waals surface area contributed by atoms with E-state index >= 15 is 0 Å². The van der Waals surface area contributed by atoms with Crippen LogP contribution in [0.15, 0.2) is 42.5 Å². The van der Waals surface area contributed by atoms with Crippen molar-refractivity contribution in [3.05, 3.63) is 70.8 Å². The number of hydrogen-bond acceptors (Lipinski definition) is 7. The standard InChI is InChI=1S/C35H52F2N4O6S.ClH/c1-5-10-30(11-6-2)48(46,47)23-32(40-34(44)14-9-15-39-24(4)42)35(45)41-31(19-27-17-28(36)20-29(37)18-27)33(43)22-38-21-26-13-8-12-25(7-3)16-26;/h8,12-13,16-18,20,30-33,38,43H,5-7,9-11,14-15,19,21-23H2,1-4H3,(H,39,42)(H,40,44)(H,41,45);1H/t31-,32+,33+;/m0./s1. The van der Waals surface area contributed by atoms with Crippen LogP contribution in [0.1, 0.15) is 82.9 Å². The van der Waals surface area contributed by atoms with Gasteiger partial charge in [0, 0.05) is 39.0 Å². The lowest BCUT2D eigenvalue weighted by molar-refractivity contribution is -0.129. The van der Waals surface area contributed by atoms with Gasteiger partial charge in [-0.15, -0.1) is 12.4 Å². The average Bonchev–Trinajstić information content (AvgIpc) is 3.01. The summed E-state index contributed by atoms with van der Waals surface area (Å²) < 4.78 is 55.2. The minimum Gasteiger partial charge on any atom is -0.390 e. The fourth-order valence-corrected chi connectivity index (χ4v) is 7.66. The lowest BCUT2D eigenvalue weighted by atomic mass is 10.00. The molecule has 3 atom stereocenters. The molecule has 5 N–H and O–H groups in total. The molecule has 0 aromatic heterocycles. The molecule has 276 valence electrons. The van der Waals surface area contributed by atoms with Crippen LogP contribution < -0.4 is 21.3 Å². The predicted molar refractivity (Wildman–Crippen MR) is 190 cm³/mol. The summed E-state index contributed by atoms with van der Waals surface area (Å²) in [6.45, 7) is 7.75. The first-order valence-corrected chi connectivity index (χ1v) is 18.5. The van der Waals surface area contributed by atoms with Crippen molar-refractivity contribution in [2.24, 2.45) is 0 Å². The summed E-state index contributed by atoms with van der Waals surface area (Å²) >= 11 is 0. The Balaban J connectivity index is 0.0000120. The molecule has 2 rings (SSSR count). The number of hydrogen-bond donors (Lipinski definition) is 5. The molecule has 2 aromatic carbocycles. The van der Waals surface area contributed by atoms with E-state index in [1.54, 1.807) is 0 Å². The highest BCUT2D eigenvalue weighted by Crippen LogP contribution is 2.18. The van der Waals surface area contributed by atoms with E-state index in [-0.39, 0.29) is 56.2 Å². The molecule has 0 aliphatic carbocycles. The number of sulfone groups is 1. The number of amides is 3. The van der Waals surface area contributed by atoms with Gasteiger partial charge in [-0.05, 0) is 60.9 Å². The molecule has 0 bridgehead atoms. The van der Waals surface area contributed by atoms with Gasteiger partial charge < -0.3 is 26.4 Å². The summed E-state index contributed by atoms with van der Waals surface area (Å²) in [7, 11) is -3.86. The molecule has 0 aliphatic heterocycles. The molecule has 0 radical (unpaired) electrons. The summed E-state index contributed by atoms with van der Waals surface area (Å²) in [5.41, 5.74) is 2.30. The van der Waals surface area contributed by atoms with Crippen molar-refractivity contribution in [3.8, 4) is 0 Å². The van der Waals surface area contributed by atoms with Crippen LogP contribution >= 0.6 is 12.4 Å². The molecule has 10 nitrogen and oxygen atoms in total. The Morgan fingerprint density at radius 3 is 2.12 bits per heavy atom. The molecule has 14 heteroatoms. The Morgan fingerprint density at radius 2 is 1.53 bits per heavy atom. The first kappa shape index (κ1) is 43.9. The Bertz CT molecular complexity index is 1420. The summed E-state index contributed by atoms with van der Waals surface area (Å²) in [6, 6.07) is 8.21. The molecule has 49 heavy (non-hydrogen) atoms. The lowest BCUT2D eigenvalue weighted by Gasteiger charge is -2.28. The van der Waals surface area contributed by atoms with Crippen molar-refractivity contribution in [1.82, 2.24) is 21.3 Å². The second-order valence-corrected chi connectivity index (χ2v) is 14.5. The van der Waals surface area contributed by atoms with E-state index in [1.165, 1.54) is 6.92 Å². The van der Waals surface area contributed by atoms with Gasteiger partial charge >= 0.3 is 0 Å². The van der Waals surface area contributed by atoms with Crippen molar-refractivity contribution in [2.45, 2.75) is 109 Å². The van der Waals surface area contributed by atoms with E-state index in [1.807, 2.05) is 45.0 Å². The third kappa shape index (κ3) is 16.4. The highest BCUT2D eigenvalue weighted by atomic mass is 35.5. The zero-order valence-electron chi connectivity index (χ0n) is 28.9. The first-order chi connectivity index (χ1) is 22.8. The molecule has 3 amide bonds. The van der Waals surface area contributed by atoms with Crippen molar-refractivity contribution in [2.75, 3.05) is 18.8 Å². The second-order valence-electron chi connectivity index (χ2n) is 12.2. The minimum atomic E-state index is -3.86. The lowest BCUT2D eigenvalue weighted by Crippen LogP contribution is -2.57. The Morgan fingerprint density at radius 1 is 0.898 bits per heavy atom. The van der Waals surface area contributed by atoms with Gasteiger partial charge in [0.15, 0.2) is 9.84 Å². The number of halogens is 3. The van der Waals surface area contributed by atoms with E-state index in [0.717, 1.165) is 29.7 Å². The van der Waals surface area contributed by atoms with Gasteiger partial charge in [0.25, 0.3) is 0 Å². The van der Waals surface area contributed by atoms with Gasteiger partial charge in [-0.2, -0.15) is 0 Å². The Labute approximate surface area is 295 Å². The molecule has 0 aliphatic rings. The summed E-state index contributed by atoms with van der Waals surface area (Å²) in [5.74, 6) is -4.01. The van der Waals surface area contributed by atoms with Gasteiger partial charge in [-0.1, -0.05) is 57.9 Å². The van der Waals surface area contributed by atoms with Crippen LogP contribution in [0.4, 0.5) is 8.78 Å². The van der Waals surface area contributed by atoms with Gasteiger partial charge in [0.2, 0.25) is 17.7 Å². The summed E-state index contributed by atoms with van der Waals surface area (Å²) in [6.07, 6.45) is 1.64. The number of aliphatic hydroxyl groups is 1. The first-order valence-electron chi connectivity index (χ1n) is 16.7. The van der Waals surface area contributed by atoms with Crippen LogP contribution in [0, 0.1) is 11.6 Å². The largest absolute Gasteiger partial charge is 0.390 e. The monoisotopic (exact) mass is 730 g/mol. The third-order valence-corrected chi connectivity index (χ3v) is 10.3. The van der Waals surface area contributed by atoms with Gasteiger partial charge in [-0.25, -0.2) is 17.2 Å². The van der Waals surface area contributed by atoms with Crippen molar-refractivity contribution >= 4 is 40.0 Å². The molecule has 0 unspecified atom stereocenters. The van der Waals surface area contributed by atoms with Crippen LogP contribution in [-0.4, -0.2) is 73.5 Å². The van der Waals surface area contributed by atoms with Crippen molar-refractivity contribution < 1.29 is 36.7 Å². The fourth-order valence-electron chi connectivity index (χ4n) is 5.49. The fraction of sp³-hybridized carbons (Fsp3) is 0.571. The maximum atomic E-state index is 14.1. The molecule has 0 fully saturated rings. The quantitative estimate of drug-likeness (QED) is 0.115. The molecule has 2 aromatic rings. The van der Waals surface area contributed by atoms with E-state index in [0.29, 0.717) is 38.3 Å². The Hall–Kier alpha value is -3.13. The smallest absolute Gasteiger partial charge is 0.243 e. The number of aryl methyl sites for hydroxylation is 1. The molecule has 0 spiro atoms. The second kappa shape index (κ2) is 22.6. The number of benzene rings is 2. The van der Waals surface area contributed by atoms with Crippen molar-refractivity contribution in [1.29, 1.82) is 0 Å². The van der Waals surface area contributed by atoms with Crippen LogP contribution in [0.3, 0.4) is 0 Å². The van der Waals surface area contributed by atoms with E-state index in [2.05, 4.69) is 21.3 Å². The predicted octanol–water partition coefficient (Wildman–Crippen LogP) is 3.91. The van der Waals surface area contributed by atoms with E-state index in [9.17, 15) is 36.7 Å². The number of carbonyl (C=O) groups is 3. The maximum Gasteiger partial charge on any atom is 0.243 e. The van der Waals surface area contributed by atoms with Gasteiger partial charge in [-0.3, -0.25) is 14.4 Å². The SMILES string of the molecule is CCCC(CCC)S(=O)(=O)C[C@@H](NC(=O)CCCNC(C)=O)C(=O)N[C@@H](Cc1cc(F)cc(F)c1)[C@H](O)CNCc1cccc(CC)c1.Cl. The van der Waals surface area contributed by atoms with Crippen LogP contribution in [-0.2, 0) is 43.6 Å². The van der Waals surface area contributed by atoms with E-state index in [4.69, 9.17) is 0 Å². The molecular formula is C35H53ClF2N4O6S. The number of rotatable bonds is 22. The molecule has 0 saturated heterocycles. The molecular weight excluding hydrogens is 678 g/mol. The zero-order valence-corrected chi connectivity index (χ0v) is 30.5. The number of nitrogens with one attached hydrogen (secondary N) is 4. The maximum absolute atomic E-state index is 14.1. The van der Waals surface area contributed by atoms with Crippen LogP contribution in [0.5, 0.6) is 0 Å². The number of carbonyl (C=O) groups excluding carboxylic acids is 3. The Kier molecular flexibility index (Phi) is 20.2. The van der Waals surface area contributed by atoms with Crippen LogP contribution in [0.2, 0.25) is 0 Å². The van der Waals surface area contributed by atoms with E-state index < -0.39 is 62.5 Å². The molecule has 0 heterocycles. The number of aliphatic hydroxyl groups excluding tert-OH is 1. The van der Waals surface area contributed by atoms with Gasteiger partial charge in [0.05, 0.1) is 23.1 Å². The van der Waals surface area contributed by atoms with Crippen LogP contribution in [0.25, 0.3) is 0 Å². The van der Waals surface area contributed by atoms with Crippen molar-refractivity contribution in [3.63, 3.8) is 0 Å². The molecule has 0 saturated carbocycles. The van der Waals surface area contributed by atoms with Gasteiger partial charge in [0.1, 0.15) is 17.7 Å². The topological polar surface area (TPSA) is 154 Å². The zero-order chi connectivity index (χ0) is 35.7. The minimum absolute atomic E-state index is 0. The summed E-state index contributed by atoms with van der Waals surface area (Å²) in [4.78, 5) is 37.8.